The zero-order valence-corrected chi connectivity index (χ0v) is 17.7. The van der Waals surface area contributed by atoms with Crippen LogP contribution in [0.1, 0.15) is 63.9 Å². The first-order valence-electron chi connectivity index (χ1n) is 9.59. The van der Waals surface area contributed by atoms with Gasteiger partial charge in [0.25, 0.3) is 11.6 Å². The predicted molar refractivity (Wildman–Crippen MR) is 112 cm³/mol. The van der Waals surface area contributed by atoms with Crippen molar-refractivity contribution in [2.45, 2.75) is 53.1 Å². The van der Waals surface area contributed by atoms with E-state index in [0.717, 1.165) is 29.7 Å². The normalized spacial score (nSPS) is 15.7. The summed E-state index contributed by atoms with van der Waals surface area (Å²) in [7, 11) is 0. The average molecular weight is 416 g/mol. The first kappa shape index (κ1) is 21.0. The molecule has 0 radical (unpaired) electrons. The first-order valence-corrected chi connectivity index (χ1v) is 10.4. The van der Waals surface area contributed by atoms with Crippen molar-refractivity contribution in [3.63, 3.8) is 0 Å². The maximum atomic E-state index is 12.8. The smallest absolute Gasteiger partial charge is 0.341 e. The molecule has 1 atom stereocenters. The Balaban J connectivity index is 1.96. The maximum Gasteiger partial charge on any atom is 0.341 e. The van der Waals surface area contributed by atoms with Crippen LogP contribution in [0.2, 0.25) is 0 Å². The van der Waals surface area contributed by atoms with E-state index in [1.54, 1.807) is 32.9 Å². The highest BCUT2D eigenvalue weighted by atomic mass is 32.1. The molecular weight excluding hydrogens is 392 g/mol. The Bertz CT molecular complexity index is 980. The number of ether oxygens (including phenoxy) is 1. The van der Waals surface area contributed by atoms with Gasteiger partial charge in [-0.1, -0.05) is 13.0 Å². The molecule has 0 spiro atoms. The van der Waals surface area contributed by atoms with Crippen molar-refractivity contribution in [2.75, 3.05) is 5.32 Å². The third-order valence-corrected chi connectivity index (χ3v) is 6.12. The van der Waals surface area contributed by atoms with Crippen LogP contribution in [0.15, 0.2) is 18.2 Å². The molecule has 1 aliphatic carbocycles. The van der Waals surface area contributed by atoms with Crippen molar-refractivity contribution in [1.82, 2.24) is 0 Å². The van der Waals surface area contributed by atoms with E-state index in [1.807, 2.05) is 0 Å². The molecule has 7 nitrogen and oxygen atoms in total. The van der Waals surface area contributed by atoms with Crippen LogP contribution in [-0.4, -0.2) is 22.9 Å². The highest BCUT2D eigenvalue weighted by molar-refractivity contribution is 7.17. The Kier molecular flexibility index (Phi) is 6.02. The molecule has 1 aromatic carbocycles. The lowest BCUT2D eigenvalue weighted by Gasteiger charge is -2.18. The molecule has 0 bridgehead atoms. The lowest BCUT2D eigenvalue weighted by atomic mass is 9.88. The molecule has 8 heteroatoms. The number of anilines is 1. The van der Waals surface area contributed by atoms with Crippen molar-refractivity contribution < 1.29 is 19.2 Å². The molecule has 1 N–H and O–H groups in total. The fourth-order valence-corrected chi connectivity index (χ4v) is 4.84. The van der Waals surface area contributed by atoms with Crippen molar-refractivity contribution in [3.05, 3.63) is 55.4 Å². The Labute approximate surface area is 173 Å². The molecule has 0 aliphatic heterocycles. The van der Waals surface area contributed by atoms with Gasteiger partial charge in [0.1, 0.15) is 5.00 Å². The number of nitro groups is 1. The van der Waals surface area contributed by atoms with E-state index in [4.69, 9.17) is 4.74 Å². The van der Waals surface area contributed by atoms with Crippen molar-refractivity contribution in [2.24, 2.45) is 5.92 Å². The topological polar surface area (TPSA) is 98.5 Å². The Morgan fingerprint density at radius 3 is 2.72 bits per heavy atom. The van der Waals surface area contributed by atoms with Crippen molar-refractivity contribution >= 4 is 33.9 Å². The first-order chi connectivity index (χ1) is 13.7. The maximum absolute atomic E-state index is 12.8. The molecule has 1 aromatic heterocycles. The fraction of sp³-hybridized carbons (Fsp3) is 0.429. The van der Waals surface area contributed by atoms with Crippen LogP contribution in [0, 0.1) is 23.0 Å². The van der Waals surface area contributed by atoms with Gasteiger partial charge < -0.3 is 10.1 Å². The highest BCUT2D eigenvalue weighted by Crippen LogP contribution is 2.40. The van der Waals surface area contributed by atoms with E-state index in [2.05, 4.69) is 12.2 Å². The minimum atomic E-state index is -0.511. The number of carbonyl (C=O) groups is 2. The number of rotatable bonds is 5. The summed E-state index contributed by atoms with van der Waals surface area (Å²) in [4.78, 5) is 37.3. The molecule has 3 rings (SSSR count). The minimum Gasteiger partial charge on any atom is -0.459 e. The number of benzene rings is 1. The van der Waals surface area contributed by atoms with Crippen molar-refractivity contribution in [3.8, 4) is 0 Å². The number of esters is 1. The van der Waals surface area contributed by atoms with Crippen LogP contribution in [0.5, 0.6) is 0 Å². The van der Waals surface area contributed by atoms with Gasteiger partial charge in [-0.05, 0) is 57.6 Å². The molecule has 0 saturated heterocycles. The van der Waals surface area contributed by atoms with Gasteiger partial charge in [0.2, 0.25) is 0 Å². The molecule has 2 aromatic rings. The zero-order chi connectivity index (χ0) is 21.3. The van der Waals surface area contributed by atoms with Crippen LogP contribution < -0.4 is 5.32 Å². The van der Waals surface area contributed by atoms with Gasteiger partial charge in [0.05, 0.1) is 16.6 Å². The summed E-state index contributed by atoms with van der Waals surface area (Å²) in [6.45, 7) is 7.34. The molecule has 1 amide bonds. The second kappa shape index (κ2) is 8.32. The number of nitro benzene ring substituents is 1. The number of nitrogens with zero attached hydrogens (tertiary/aromatic N) is 1. The van der Waals surface area contributed by atoms with Crippen LogP contribution in [0.25, 0.3) is 0 Å². The van der Waals surface area contributed by atoms with E-state index in [9.17, 15) is 19.7 Å². The number of carbonyl (C=O) groups excluding carboxylic acids is 2. The van der Waals surface area contributed by atoms with Gasteiger partial charge in [-0.3, -0.25) is 14.9 Å². The summed E-state index contributed by atoms with van der Waals surface area (Å²) in [5.41, 5.74) is 1.90. The van der Waals surface area contributed by atoms with Gasteiger partial charge in [-0.25, -0.2) is 4.79 Å². The van der Waals surface area contributed by atoms with E-state index in [0.29, 0.717) is 22.0 Å². The zero-order valence-electron chi connectivity index (χ0n) is 16.9. The number of aryl methyl sites for hydroxylation is 1. The molecule has 0 unspecified atom stereocenters. The fourth-order valence-electron chi connectivity index (χ4n) is 3.45. The number of amides is 1. The van der Waals surface area contributed by atoms with E-state index in [1.165, 1.54) is 17.4 Å². The second-order valence-corrected chi connectivity index (χ2v) is 8.83. The van der Waals surface area contributed by atoms with Gasteiger partial charge in [-0.2, -0.15) is 0 Å². The van der Waals surface area contributed by atoms with Crippen LogP contribution in [-0.2, 0) is 17.6 Å². The summed E-state index contributed by atoms with van der Waals surface area (Å²) in [6.07, 6.45) is 2.32. The summed E-state index contributed by atoms with van der Waals surface area (Å²) in [5, 5.41) is 14.4. The van der Waals surface area contributed by atoms with Crippen LogP contribution in [0.4, 0.5) is 10.7 Å². The average Bonchev–Trinajstić information content (AvgIpc) is 2.97. The van der Waals surface area contributed by atoms with E-state index in [-0.39, 0.29) is 17.4 Å². The molecule has 1 heterocycles. The summed E-state index contributed by atoms with van der Waals surface area (Å²) in [6, 6.07) is 4.34. The third-order valence-electron chi connectivity index (χ3n) is 4.95. The third kappa shape index (κ3) is 4.48. The van der Waals surface area contributed by atoms with Gasteiger partial charge in [0.15, 0.2) is 0 Å². The van der Waals surface area contributed by atoms with Crippen LogP contribution in [0.3, 0.4) is 0 Å². The molecular formula is C21H24N2O5S. The quantitative estimate of drug-likeness (QED) is 0.424. The number of hydrogen-bond donors (Lipinski definition) is 1. The SMILES string of the molecule is Cc1ccc(C(=O)Nc2sc3c(c2C(=O)OC(C)C)CC[C@@H](C)C3)cc1[N+](=O)[O-]. The minimum absolute atomic E-state index is 0.114. The Morgan fingerprint density at radius 2 is 2.07 bits per heavy atom. The molecule has 0 saturated carbocycles. The lowest BCUT2D eigenvalue weighted by Crippen LogP contribution is -2.18. The molecule has 1 aliphatic rings. The highest BCUT2D eigenvalue weighted by Gasteiger charge is 2.30. The van der Waals surface area contributed by atoms with E-state index >= 15 is 0 Å². The van der Waals surface area contributed by atoms with Crippen molar-refractivity contribution in [1.29, 1.82) is 0 Å². The summed E-state index contributed by atoms with van der Waals surface area (Å²) >= 11 is 1.39. The molecule has 0 fully saturated rings. The number of fused-ring (bicyclic) bond motifs is 1. The lowest BCUT2D eigenvalue weighted by molar-refractivity contribution is -0.385. The van der Waals surface area contributed by atoms with Gasteiger partial charge >= 0.3 is 5.97 Å². The molecule has 29 heavy (non-hydrogen) atoms. The monoisotopic (exact) mass is 416 g/mol. The second-order valence-electron chi connectivity index (χ2n) is 7.72. The number of nitrogens with one attached hydrogen (secondary N) is 1. The van der Waals surface area contributed by atoms with Gasteiger partial charge in [-0.15, -0.1) is 11.3 Å². The molecule has 154 valence electrons. The van der Waals surface area contributed by atoms with E-state index < -0.39 is 16.8 Å². The number of hydrogen-bond acceptors (Lipinski definition) is 6. The Hall–Kier alpha value is -2.74. The van der Waals surface area contributed by atoms with Crippen LogP contribution >= 0.6 is 11.3 Å². The summed E-state index contributed by atoms with van der Waals surface area (Å²) in [5.74, 6) is -0.422. The van der Waals surface area contributed by atoms with Gasteiger partial charge in [0, 0.05) is 22.1 Å². The Morgan fingerprint density at radius 1 is 1.34 bits per heavy atom. The standard InChI is InChI=1S/C21H24N2O5S/c1-11(2)28-21(25)18-15-8-5-12(3)9-17(15)29-20(18)22-19(24)14-7-6-13(4)16(10-14)23(26)27/h6-7,10-12H,5,8-9H2,1-4H3,(H,22,24)/t12-/m1/s1. The largest absolute Gasteiger partial charge is 0.459 e. The number of thiophene rings is 1. The predicted octanol–water partition coefficient (Wildman–Crippen LogP) is 4.91. The summed E-state index contributed by atoms with van der Waals surface area (Å²) < 4.78 is 5.41.